The number of hydrogen-bond acceptors (Lipinski definition) is 8. The maximum absolute atomic E-state index is 13.4. The molecule has 10 heteroatoms. The zero-order chi connectivity index (χ0) is 35.5. The number of fused-ring (bicyclic) bond motifs is 4. The number of amides is 1. The zero-order valence-electron chi connectivity index (χ0n) is 31.4. The first-order valence-electron chi connectivity index (χ1n) is 19.4. The van der Waals surface area contributed by atoms with Gasteiger partial charge in [0.2, 0.25) is 0 Å². The van der Waals surface area contributed by atoms with Crippen LogP contribution >= 0.6 is 0 Å². The Labute approximate surface area is 293 Å². The van der Waals surface area contributed by atoms with Gasteiger partial charge in [-0.05, 0) is 112 Å². The first-order chi connectivity index (χ1) is 22.9. The van der Waals surface area contributed by atoms with Crippen LogP contribution in [0, 0.1) is 50.7 Å². The van der Waals surface area contributed by atoms with E-state index >= 15 is 0 Å². The number of carbonyl (C=O) groups is 2. The zero-order valence-corrected chi connectivity index (χ0v) is 31.4. The van der Waals surface area contributed by atoms with Gasteiger partial charge in [0.15, 0.2) is 0 Å². The second-order valence-electron chi connectivity index (χ2n) is 19.1. The highest BCUT2D eigenvalue weighted by atomic mass is 16.6. The molecule has 3 unspecified atom stereocenters. The van der Waals surface area contributed by atoms with E-state index in [1.165, 1.54) is 12.8 Å². The van der Waals surface area contributed by atoms with Gasteiger partial charge in [-0.1, -0.05) is 34.6 Å². The van der Waals surface area contributed by atoms with Gasteiger partial charge in [0, 0.05) is 43.6 Å². The van der Waals surface area contributed by atoms with Gasteiger partial charge in [0.1, 0.15) is 12.2 Å². The minimum atomic E-state index is -1.04. The van der Waals surface area contributed by atoms with Crippen LogP contribution in [0.2, 0.25) is 0 Å². The Morgan fingerprint density at radius 3 is 2.27 bits per heavy atom. The van der Waals surface area contributed by atoms with E-state index in [1.54, 1.807) is 18.7 Å². The molecule has 7 aliphatic rings. The van der Waals surface area contributed by atoms with E-state index in [-0.39, 0.29) is 63.9 Å². The van der Waals surface area contributed by atoms with Crippen LogP contribution in [0.25, 0.3) is 0 Å². The van der Waals surface area contributed by atoms with Crippen LogP contribution in [-0.2, 0) is 19.0 Å². The van der Waals surface area contributed by atoms with Crippen molar-refractivity contribution in [1.29, 1.82) is 0 Å². The van der Waals surface area contributed by atoms with Crippen molar-refractivity contribution in [3.05, 3.63) is 0 Å². The highest BCUT2D eigenvalue weighted by molar-refractivity contribution is 5.70. The number of piperazine rings is 1. The molecule has 278 valence electrons. The van der Waals surface area contributed by atoms with Crippen molar-refractivity contribution >= 4 is 12.1 Å². The summed E-state index contributed by atoms with van der Waals surface area (Å²) in [7, 11) is 0. The van der Waals surface area contributed by atoms with Crippen LogP contribution in [0.1, 0.15) is 107 Å². The van der Waals surface area contributed by atoms with Crippen LogP contribution in [0.3, 0.4) is 0 Å². The summed E-state index contributed by atoms with van der Waals surface area (Å²) in [6.45, 7) is 20.0. The number of aliphatic carboxylic acids is 1. The Morgan fingerprint density at radius 1 is 0.980 bits per heavy atom. The lowest BCUT2D eigenvalue weighted by atomic mass is 9.41. The summed E-state index contributed by atoms with van der Waals surface area (Å²) < 4.78 is 19.4. The fourth-order valence-corrected chi connectivity index (χ4v) is 14.1. The molecule has 7 fully saturated rings. The molecule has 49 heavy (non-hydrogen) atoms. The van der Waals surface area contributed by atoms with E-state index in [0.717, 1.165) is 38.5 Å². The van der Waals surface area contributed by atoms with Gasteiger partial charge < -0.3 is 34.4 Å². The Hall–Kier alpha value is -1.46. The minimum absolute atomic E-state index is 0.00456. The van der Waals surface area contributed by atoms with Gasteiger partial charge in [-0.2, -0.15) is 0 Å². The highest BCUT2D eigenvalue weighted by Crippen LogP contribution is 2.89. The predicted octanol–water partition coefficient (Wildman–Crippen LogP) is 5.18. The van der Waals surface area contributed by atoms with Crippen molar-refractivity contribution in [3.63, 3.8) is 0 Å². The summed E-state index contributed by atoms with van der Waals surface area (Å²) in [4.78, 5) is 28.2. The largest absolute Gasteiger partial charge is 0.480 e. The third-order valence-electron chi connectivity index (χ3n) is 16.4. The van der Waals surface area contributed by atoms with Gasteiger partial charge in [-0.15, -0.1) is 0 Å². The number of nitrogens with zero attached hydrogens (tertiary/aromatic N) is 2. The maximum Gasteiger partial charge on any atom is 0.410 e. The standard InChI is InChI=1S/C39H64N2O8/c1-9-47-32(35(5,6)46)24-20-23(2)29-30(48-24)31(44)37(8)26-11-10-25-34(3,4)27(12-13-38(25)22-39(26,38)15-14-36(29,37)7)49-33(45)41-18-16-40(17-19-41)21-28(42)43/h23-27,29-32,44,46H,9-22H2,1-8H3,(H,42,43)/t23-,24?,25+,26?,27+,29+,30?,31+,32+,36-,37-,38-,39+/m1/s1. The van der Waals surface area contributed by atoms with Crippen LogP contribution in [0.4, 0.5) is 4.79 Å². The van der Waals surface area contributed by atoms with E-state index in [4.69, 9.17) is 19.3 Å². The third kappa shape index (κ3) is 5.03. The monoisotopic (exact) mass is 688 g/mol. The molecule has 2 saturated heterocycles. The summed E-state index contributed by atoms with van der Waals surface area (Å²) in [6.07, 6.45) is 6.45. The smallest absolute Gasteiger partial charge is 0.410 e. The maximum atomic E-state index is 13.4. The molecule has 0 radical (unpaired) electrons. The average Bonchev–Trinajstić information content (AvgIpc) is 3.65. The summed E-state index contributed by atoms with van der Waals surface area (Å²) in [6, 6.07) is 0. The molecule has 0 aromatic carbocycles. The summed E-state index contributed by atoms with van der Waals surface area (Å²) in [5.74, 6) is 0.641. The number of rotatable bonds is 7. The summed E-state index contributed by atoms with van der Waals surface area (Å²) in [5.41, 5.74) is -1.09. The van der Waals surface area contributed by atoms with Crippen LogP contribution in [0.5, 0.6) is 0 Å². The van der Waals surface area contributed by atoms with E-state index in [9.17, 15) is 19.8 Å². The molecule has 2 aliphatic heterocycles. The molecule has 10 nitrogen and oxygen atoms in total. The lowest BCUT2D eigenvalue weighted by molar-refractivity contribution is -0.215. The number of ether oxygens (including phenoxy) is 3. The van der Waals surface area contributed by atoms with Gasteiger partial charge in [-0.25, -0.2) is 4.79 Å². The molecule has 0 aromatic rings. The Bertz CT molecular complexity index is 1310. The molecule has 3 N–H and O–H groups in total. The van der Waals surface area contributed by atoms with Crippen LogP contribution in [-0.4, -0.2) is 113 Å². The predicted molar refractivity (Wildman–Crippen MR) is 184 cm³/mol. The minimum Gasteiger partial charge on any atom is -0.480 e. The third-order valence-corrected chi connectivity index (χ3v) is 16.4. The van der Waals surface area contributed by atoms with Crippen molar-refractivity contribution in [1.82, 2.24) is 9.80 Å². The Kier molecular flexibility index (Phi) is 8.63. The molecule has 1 amide bonds. The normalized spacial score (nSPS) is 47.9. The Morgan fingerprint density at radius 2 is 1.63 bits per heavy atom. The Balaban J connectivity index is 1.09. The first-order valence-corrected chi connectivity index (χ1v) is 19.4. The van der Waals surface area contributed by atoms with E-state index in [2.05, 4.69) is 34.6 Å². The fourth-order valence-electron chi connectivity index (χ4n) is 14.1. The average molecular weight is 689 g/mol. The number of carboxylic acids is 1. The van der Waals surface area contributed by atoms with Crippen LogP contribution < -0.4 is 0 Å². The summed E-state index contributed by atoms with van der Waals surface area (Å²) >= 11 is 0. The molecular weight excluding hydrogens is 624 g/mol. The van der Waals surface area contributed by atoms with Crippen molar-refractivity contribution in [2.45, 2.75) is 143 Å². The number of aliphatic hydroxyl groups is 2. The molecule has 2 heterocycles. The van der Waals surface area contributed by atoms with Crippen molar-refractivity contribution in [2.24, 2.45) is 50.7 Å². The SMILES string of the molecule is CCO[C@@H](C1C[C@@H](C)[C@H]2C(O1)[C@H](O)[C@@]1(C)C3CC[C@H]4C(C)(C)[C@@H](OC(=O)N5CCN(CC(=O)O)CC5)CC[C@@]45C[C@@]35CC[C@]21C)C(C)(C)O. The van der Waals surface area contributed by atoms with Gasteiger partial charge in [0.05, 0.1) is 30.5 Å². The van der Waals surface area contributed by atoms with Crippen molar-refractivity contribution < 1.29 is 39.1 Å². The van der Waals surface area contributed by atoms with Gasteiger partial charge in [-0.3, -0.25) is 9.69 Å². The molecule has 7 rings (SSSR count). The second-order valence-corrected chi connectivity index (χ2v) is 19.1. The molecule has 13 atom stereocenters. The van der Waals surface area contributed by atoms with Crippen molar-refractivity contribution in [2.75, 3.05) is 39.3 Å². The lowest BCUT2D eigenvalue weighted by Crippen LogP contribution is -2.60. The molecule has 0 aromatic heterocycles. The second kappa shape index (κ2) is 11.8. The molecule has 2 spiro atoms. The molecular formula is C39H64N2O8. The molecule has 5 saturated carbocycles. The van der Waals surface area contributed by atoms with E-state index in [1.807, 2.05) is 11.8 Å². The quantitative estimate of drug-likeness (QED) is 0.331. The van der Waals surface area contributed by atoms with E-state index < -0.39 is 23.8 Å². The van der Waals surface area contributed by atoms with E-state index in [0.29, 0.717) is 50.5 Å². The van der Waals surface area contributed by atoms with Gasteiger partial charge >= 0.3 is 12.1 Å². The molecule has 5 aliphatic carbocycles. The van der Waals surface area contributed by atoms with Crippen LogP contribution in [0.15, 0.2) is 0 Å². The summed E-state index contributed by atoms with van der Waals surface area (Å²) in [5, 5.41) is 32.8. The van der Waals surface area contributed by atoms with Crippen molar-refractivity contribution in [3.8, 4) is 0 Å². The number of aliphatic hydroxyl groups excluding tert-OH is 1. The first kappa shape index (κ1) is 35.9. The van der Waals surface area contributed by atoms with Gasteiger partial charge in [0.25, 0.3) is 0 Å². The molecule has 0 bridgehead atoms. The number of carbonyl (C=O) groups excluding carboxylic acids is 1. The fraction of sp³-hybridized carbons (Fsp3) is 0.949. The topological polar surface area (TPSA) is 129 Å². The number of carboxylic acid groups (broad SMARTS) is 1. The number of hydrogen-bond donors (Lipinski definition) is 3. The highest BCUT2D eigenvalue weighted by Gasteiger charge is 2.84. The lowest BCUT2D eigenvalue weighted by Gasteiger charge is -2.63.